The van der Waals surface area contributed by atoms with Crippen LogP contribution in [0.1, 0.15) is 50.5 Å². The van der Waals surface area contributed by atoms with Crippen molar-refractivity contribution in [1.82, 2.24) is 14.9 Å². The number of anilines is 1. The summed E-state index contributed by atoms with van der Waals surface area (Å²) in [5.41, 5.74) is 0.314. The maximum absolute atomic E-state index is 9.27. The van der Waals surface area contributed by atoms with E-state index >= 15 is 0 Å². The van der Waals surface area contributed by atoms with Gasteiger partial charge in [0.05, 0.1) is 19.4 Å². The van der Waals surface area contributed by atoms with Crippen LogP contribution >= 0.6 is 0 Å². The first-order valence-electron chi connectivity index (χ1n) is 10.4. The summed E-state index contributed by atoms with van der Waals surface area (Å²) in [6.07, 6.45) is 8.08. The Kier molecular flexibility index (Phi) is 5.90. The summed E-state index contributed by atoms with van der Waals surface area (Å²) in [6.45, 7) is 1.81. The van der Waals surface area contributed by atoms with Gasteiger partial charge < -0.3 is 19.7 Å². The molecule has 3 heterocycles. The number of nitrogens with one attached hydrogen (secondary N) is 3. The molecule has 2 atom stereocenters. The van der Waals surface area contributed by atoms with Crippen molar-refractivity contribution in [3.8, 4) is 11.9 Å². The first kappa shape index (κ1) is 19.6. The summed E-state index contributed by atoms with van der Waals surface area (Å²) in [7, 11) is 0. The average molecular weight is 397 g/mol. The minimum atomic E-state index is -0.0655. The van der Waals surface area contributed by atoms with Gasteiger partial charge >= 0.3 is 0 Å². The fourth-order valence-electron chi connectivity index (χ4n) is 4.11. The number of likely N-dealkylation sites (tertiary alicyclic amines) is 1. The van der Waals surface area contributed by atoms with Crippen LogP contribution in [-0.2, 0) is 4.74 Å². The second-order valence-corrected chi connectivity index (χ2v) is 7.95. The van der Waals surface area contributed by atoms with Gasteiger partial charge in [0.2, 0.25) is 11.8 Å². The lowest BCUT2D eigenvalue weighted by Crippen LogP contribution is -2.45. The van der Waals surface area contributed by atoms with Crippen LogP contribution in [0.5, 0.6) is 5.88 Å². The van der Waals surface area contributed by atoms with Gasteiger partial charge in [-0.05, 0) is 32.1 Å². The van der Waals surface area contributed by atoms with E-state index in [0.717, 1.165) is 51.5 Å². The van der Waals surface area contributed by atoms with Crippen LogP contribution in [0.25, 0.3) is 0 Å². The van der Waals surface area contributed by atoms with E-state index < -0.39 is 0 Å². The fourth-order valence-corrected chi connectivity index (χ4v) is 4.11. The molecule has 3 N–H and O–H groups in total. The summed E-state index contributed by atoms with van der Waals surface area (Å²) in [4.78, 5) is 10.6. The van der Waals surface area contributed by atoms with Crippen molar-refractivity contribution in [1.29, 1.82) is 16.1 Å². The first-order valence-corrected chi connectivity index (χ1v) is 10.4. The van der Waals surface area contributed by atoms with E-state index in [-0.39, 0.29) is 18.1 Å². The van der Waals surface area contributed by atoms with Gasteiger partial charge in [0.25, 0.3) is 0 Å². The van der Waals surface area contributed by atoms with Crippen molar-refractivity contribution in [2.45, 2.75) is 57.1 Å². The Morgan fingerprint density at radius 2 is 2.17 bits per heavy atom. The molecule has 9 nitrogen and oxygen atoms in total. The van der Waals surface area contributed by atoms with Crippen LogP contribution in [-0.4, -0.2) is 58.4 Å². The first-order chi connectivity index (χ1) is 14.1. The molecule has 2 saturated heterocycles. The van der Waals surface area contributed by atoms with Crippen molar-refractivity contribution in [3.63, 3.8) is 0 Å². The molecule has 1 aliphatic carbocycles. The smallest absolute Gasteiger partial charge is 0.237 e. The lowest BCUT2D eigenvalue weighted by molar-refractivity contribution is -0.0814. The Balaban J connectivity index is 1.40. The van der Waals surface area contributed by atoms with Crippen LogP contribution < -0.4 is 10.1 Å². The van der Waals surface area contributed by atoms with Crippen molar-refractivity contribution in [2.75, 3.05) is 25.1 Å². The zero-order valence-corrected chi connectivity index (χ0v) is 16.5. The normalized spacial score (nSPS) is 25.1. The molecule has 3 fully saturated rings. The topological polar surface area (TPSA) is 131 Å². The highest BCUT2D eigenvalue weighted by atomic mass is 16.6. The van der Waals surface area contributed by atoms with Crippen molar-refractivity contribution in [2.24, 2.45) is 5.92 Å². The highest BCUT2D eigenvalue weighted by Crippen LogP contribution is 2.29. The molecule has 29 heavy (non-hydrogen) atoms. The molecule has 154 valence electrons. The number of hydrogen-bond donors (Lipinski definition) is 3. The summed E-state index contributed by atoms with van der Waals surface area (Å²) >= 11 is 0. The largest absolute Gasteiger partial charge is 0.468 e. The molecule has 0 spiro atoms. The van der Waals surface area contributed by atoms with Gasteiger partial charge in [0, 0.05) is 24.9 Å². The number of nitrogens with zero attached hydrogens (tertiary/aromatic N) is 4. The van der Waals surface area contributed by atoms with E-state index in [1.165, 1.54) is 6.20 Å². The molecule has 0 aromatic carbocycles. The van der Waals surface area contributed by atoms with Gasteiger partial charge in [-0.3, -0.25) is 10.8 Å². The Hall–Kier alpha value is -2.73. The maximum atomic E-state index is 9.27. The van der Waals surface area contributed by atoms with Crippen LogP contribution in [0.3, 0.4) is 0 Å². The second kappa shape index (κ2) is 8.74. The number of nitriles is 1. The van der Waals surface area contributed by atoms with E-state index in [0.29, 0.717) is 42.3 Å². The van der Waals surface area contributed by atoms with E-state index in [1.54, 1.807) is 0 Å². The molecule has 0 amide bonds. The SMILES string of the molecule is N#Cc1cnc(NC2CCC[C@H](C(=N)N3CCCCC3=N)C2)nc1OC1COC1. The molecule has 9 heteroatoms. The standard InChI is InChI=1S/C20H27N7O2/c21-9-14-10-24-20(26-19(14)29-16-11-28-12-16)25-15-5-3-4-13(8-15)18(23)27-7-2-1-6-17(27)22/h10,13,15-16,22-23H,1-8,11-12H2,(H,24,25,26)/t13-,15?/m0/s1. The van der Waals surface area contributed by atoms with Crippen LogP contribution in [0.15, 0.2) is 6.20 Å². The summed E-state index contributed by atoms with van der Waals surface area (Å²) in [5.74, 6) is 2.03. The molecule has 0 bridgehead atoms. The minimum absolute atomic E-state index is 0.0655. The van der Waals surface area contributed by atoms with Crippen molar-refractivity contribution < 1.29 is 9.47 Å². The highest BCUT2D eigenvalue weighted by molar-refractivity contribution is 5.99. The molecule has 1 saturated carbocycles. The molecule has 4 rings (SSSR count). The monoisotopic (exact) mass is 397 g/mol. The predicted molar refractivity (Wildman–Crippen MR) is 107 cm³/mol. The van der Waals surface area contributed by atoms with E-state index in [4.69, 9.17) is 20.3 Å². The zero-order chi connectivity index (χ0) is 20.2. The number of aromatic nitrogens is 2. The molecular formula is C20H27N7O2. The minimum Gasteiger partial charge on any atom is -0.468 e. The van der Waals surface area contributed by atoms with Crippen LogP contribution in [0.2, 0.25) is 0 Å². The van der Waals surface area contributed by atoms with E-state index in [2.05, 4.69) is 21.4 Å². The predicted octanol–water partition coefficient (Wildman–Crippen LogP) is 2.54. The van der Waals surface area contributed by atoms with Gasteiger partial charge in [0.15, 0.2) is 0 Å². The van der Waals surface area contributed by atoms with Gasteiger partial charge in [-0.15, -0.1) is 0 Å². The Morgan fingerprint density at radius 3 is 2.90 bits per heavy atom. The molecular weight excluding hydrogens is 370 g/mol. The Bertz CT molecular complexity index is 818. The Labute approximate surface area is 170 Å². The molecule has 1 aromatic rings. The number of piperidine rings is 1. The number of hydrogen-bond acceptors (Lipinski definition) is 8. The quantitative estimate of drug-likeness (QED) is 0.514. The average Bonchev–Trinajstić information content (AvgIpc) is 2.71. The van der Waals surface area contributed by atoms with E-state index in [1.807, 2.05) is 4.90 Å². The molecule has 1 aromatic heterocycles. The second-order valence-electron chi connectivity index (χ2n) is 7.95. The highest BCUT2D eigenvalue weighted by Gasteiger charge is 2.31. The number of ether oxygens (including phenoxy) is 2. The van der Waals surface area contributed by atoms with Gasteiger partial charge in [-0.2, -0.15) is 10.2 Å². The zero-order valence-electron chi connectivity index (χ0n) is 16.5. The lowest BCUT2D eigenvalue weighted by Gasteiger charge is -2.37. The number of rotatable bonds is 5. The molecule has 3 aliphatic rings. The molecule has 2 aliphatic heterocycles. The fraction of sp³-hybridized carbons (Fsp3) is 0.650. The summed E-state index contributed by atoms with van der Waals surface area (Å²) < 4.78 is 10.9. The molecule has 0 radical (unpaired) electrons. The third-order valence-corrected chi connectivity index (χ3v) is 5.82. The van der Waals surface area contributed by atoms with Gasteiger partial charge in [0.1, 0.15) is 29.4 Å². The van der Waals surface area contributed by atoms with Gasteiger partial charge in [-0.1, -0.05) is 6.42 Å². The van der Waals surface area contributed by atoms with Gasteiger partial charge in [-0.25, -0.2) is 4.98 Å². The van der Waals surface area contributed by atoms with Crippen LogP contribution in [0, 0.1) is 28.1 Å². The molecule has 1 unspecified atom stereocenters. The van der Waals surface area contributed by atoms with E-state index in [9.17, 15) is 5.26 Å². The van der Waals surface area contributed by atoms with Crippen molar-refractivity contribution in [3.05, 3.63) is 11.8 Å². The maximum Gasteiger partial charge on any atom is 0.237 e. The number of amidine groups is 2. The third-order valence-electron chi connectivity index (χ3n) is 5.82. The van der Waals surface area contributed by atoms with Crippen LogP contribution in [0.4, 0.5) is 5.95 Å². The van der Waals surface area contributed by atoms with Crippen molar-refractivity contribution >= 4 is 17.6 Å². The lowest BCUT2D eigenvalue weighted by atomic mass is 9.84. The summed E-state index contributed by atoms with van der Waals surface area (Å²) in [5, 5.41) is 29.4. The third kappa shape index (κ3) is 4.48. The summed E-state index contributed by atoms with van der Waals surface area (Å²) in [6, 6.07) is 2.22. The Morgan fingerprint density at radius 1 is 1.31 bits per heavy atom.